The third-order valence-corrected chi connectivity index (χ3v) is 25.8. The zero-order valence-electron chi connectivity index (χ0n) is 21.1. The summed E-state index contributed by atoms with van der Waals surface area (Å²) in [6, 6.07) is 24.9. The van der Waals surface area contributed by atoms with Crippen LogP contribution in [-0.4, -0.2) is 6.88 Å². The summed E-state index contributed by atoms with van der Waals surface area (Å²) in [4.78, 5) is 0. The zero-order valence-corrected chi connectivity index (χ0v) is 26.6. The Kier molecular flexibility index (Phi) is 7.55. The van der Waals surface area contributed by atoms with Crippen molar-refractivity contribution in [1.82, 2.24) is 0 Å². The number of allylic oxidation sites excluding steroid dienone is 5. The summed E-state index contributed by atoms with van der Waals surface area (Å²) in [7, 11) is 0. The summed E-state index contributed by atoms with van der Waals surface area (Å²) in [5.74, 6) is 0.582. The molecular formula is C30H36Cl2SiZr. The van der Waals surface area contributed by atoms with E-state index in [1.54, 1.807) is 16.7 Å². The van der Waals surface area contributed by atoms with Crippen LogP contribution in [0, 0.1) is 5.92 Å². The Hall–Kier alpha value is -1.18. The third-order valence-electron chi connectivity index (χ3n) is 8.50. The average Bonchev–Trinajstić information content (AvgIpc) is 3.26. The van der Waals surface area contributed by atoms with Crippen LogP contribution in [0.2, 0.25) is 9.26 Å². The summed E-state index contributed by atoms with van der Waals surface area (Å²) in [5.41, 5.74) is 10.5. The van der Waals surface area contributed by atoms with Crippen LogP contribution >= 0.6 is 24.8 Å². The third kappa shape index (κ3) is 4.09. The fourth-order valence-corrected chi connectivity index (χ4v) is 25.1. The van der Waals surface area contributed by atoms with Crippen molar-refractivity contribution in [2.45, 2.75) is 40.6 Å². The maximum Gasteiger partial charge on any atom is -0.147 e. The second-order valence-electron chi connectivity index (χ2n) is 11.1. The zero-order chi connectivity index (χ0) is 22.9. The van der Waals surface area contributed by atoms with E-state index in [-0.39, 0.29) is 24.8 Å². The second kappa shape index (κ2) is 9.36. The molecule has 5 rings (SSSR count). The molecule has 2 aliphatic rings. The molecule has 2 unspecified atom stereocenters. The van der Waals surface area contributed by atoms with E-state index in [0.29, 0.717) is 9.54 Å². The van der Waals surface area contributed by atoms with Gasteiger partial charge in [0.05, 0.1) is 0 Å². The van der Waals surface area contributed by atoms with Gasteiger partial charge >= 0.3 is 197 Å². The molecule has 0 spiro atoms. The molecule has 3 aromatic rings. The van der Waals surface area contributed by atoms with E-state index in [0.717, 1.165) is 0 Å². The molecule has 0 nitrogen and oxygen atoms in total. The van der Waals surface area contributed by atoms with Gasteiger partial charge in [-0.1, -0.05) is 0 Å². The summed E-state index contributed by atoms with van der Waals surface area (Å²) >= 11 is -3.35. The van der Waals surface area contributed by atoms with Gasteiger partial charge in [-0.2, -0.15) is 0 Å². The number of fused-ring (bicyclic) bond motifs is 2. The Morgan fingerprint density at radius 2 is 1.38 bits per heavy atom. The first-order chi connectivity index (χ1) is 15.1. The van der Waals surface area contributed by atoms with E-state index in [4.69, 9.17) is 0 Å². The SMILES string of the molecule is CC1=C(C)C(C)[C]([Zr]([CH3])([CH3])(=[SiH2])[CH]2C=C(c3ccc4ccccc4c3)c3ccccc32)=C1C.Cl.Cl. The van der Waals surface area contributed by atoms with Crippen LogP contribution in [-0.2, 0) is 17.4 Å². The number of benzene rings is 3. The standard InChI is InChI=1S/C19H13.C9H13.2CH3.2ClH.H2Si.Zr/c1-2-7-16-13-17(10-9-14(16)5-1)19-12-11-15-6-3-4-8-18(15)19;1-6-5-7(2)9(4)8(6)3;;;;;;/h1-13H;6H,1-4H3;2*1H3;2*1H;1H2;. The molecule has 0 N–H and O–H groups in total. The van der Waals surface area contributed by atoms with Gasteiger partial charge in [0.15, 0.2) is 0 Å². The molecule has 0 fully saturated rings. The molecule has 0 bridgehead atoms. The van der Waals surface area contributed by atoms with E-state index in [9.17, 15) is 0 Å². The second-order valence-corrected chi connectivity index (χ2v) is 40.6. The Morgan fingerprint density at radius 3 is 2.03 bits per heavy atom. The molecule has 2 aliphatic carbocycles. The van der Waals surface area contributed by atoms with Crippen molar-refractivity contribution in [2.24, 2.45) is 5.92 Å². The van der Waals surface area contributed by atoms with Gasteiger partial charge in [0, 0.05) is 0 Å². The van der Waals surface area contributed by atoms with Crippen LogP contribution in [0.4, 0.5) is 0 Å². The molecule has 2 atom stereocenters. The molecular weight excluding hydrogens is 551 g/mol. The molecule has 0 amide bonds. The molecule has 0 heterocycles. The smallest absolute Gasteiger partial charge is 0.147 e. The van der Waals surface area contributed by atoms with Gasteiger partial charge in [-0.3, -0.25) is 0 Å². The minimum absolute atomic E-state index is 0. The van der Waals surface area contributed by atoms with E-state index in [1.165, 1.54) is 33.0 Å². The van der Waals surface area contributed by atoms with Crippen molar-refractivity contribution in [1.29, 1.82) is 0 Å². The maximum absolute atomic E-state index is 3.35. The summed E-state index contributed by atoms with van der Waals surface area (Å²) in [5, 5.41) is 2.63. The fourth-order valence-electron chi connectivity index (χ4n) is 6.59. The molecule has 0 aliphatic heterocycles. The van der Waals surface area contributed by atoms with Gasteiger partial charge in [0.2, 0.25) is 0 Å². The Bertz CT molecular complexity index is 1450. The number of hydrogen-bond donors (Lipinski definition) is 0. The topological polar surface area (TPSA) is 0 Å². The van der Waals surface area contributed by atoms with Crippen molar-refractivity contribution < 1.29 is 17.4 Å². The quantitative estimate of drug-likeness (QED) is 0.269. The van der Waals surface area contributed by atoms with Crippen molar-refractivity contribution >= 4 is 48.0 Å². The van der Waals surface area contributed by atoms with Gasteiger partial charge in [0.25, 0.3) is 0 Å². The van der Waals surface area contributed by atoms with Gasteiger partial charge in [0.1, 0.15) is 0 Å². The van der Waals surface area contributed by atoms with Crippen molar-refractivity contribution in [3.63, 3.8) is 0 Å². The van der Waals surface area contributed by atoms with Crippen molar-refractivity contribution in [3.8, 4) is 0 Å². The molecule has 0 radical (unpaired) electrons. The molecule has 34 heavy (non-hydrogen) atoms. The summed E-state index contributed by atoms with van der Waals surface area (Å²) in [6.45, 7) is 11.9. The average molecular weight is 587 g/mol. The van der Waals surface area contributed by atoms with E-state index in [1.807, 2.05) is 3.28 Å². The molecule has 0 saturated carbocycles. The van der Waals surface area contributed by atoms with E-state index < -0.39 is 17.4 Å². The Morgan fingerprint density at radius 1 is 0.765 bits per heavy atom. The van der Waals surface area contributed by atoms with Crippen LogP contribution in [0.25, 0.3) is 16.3 Å². The molecule has 4 heteroatoms. The van der Waals surface area contributed by atoms with Crippen LogP contribution in [0.3, 0.4) is 0 Å². The van der Waals surface area contributed by atoms with E-state index >= 15 is 0 Å². The normalized spacial score (nSPS) is 20.1. The van der Waals surface area contributed by atoms with Gasteiger partial charge < -0.3 is 0 Å². The van der Waals surface area contributed by atoms with Crippen LogP contribution in [0.1, 0.15) is 48.0 Å². The Balaban J connectivity index is 0.00000162. The predicted octanol–water partition coefficient (Wildman–Crippen LogP) is 8.76. The van der Waals surface area contributed by atoms with Crippen molar-refractivity contribution in [3.05, 3.63) is 109 Å². The van der Waals surface area contributed by atoms with Crippen molar-refractivity contribution in [2.75, 3.05) is 0 Å². The van der Waals surface area contributed by atoms with Gasteiger partial charge in [-0.05, 0) is 0 Å². The first-order valence-electron chi connectivity index (χ1n) is 11.9. The number of halogens is 2. The Labute approximate surface area is 219 Å². The largest absolute Gasteiger partial charge is 0.147 e. The molecule has 0 saturated heterocycles. The van der Waals surface area contributed by atoms with Gasteiger partial charge in [-0.25, -0.2) is 0 Å². The fraction of sp³-hybridized carbons (Fsp3) is 0.267. The molecule has 178 valence electrons. The summed E-state index contributed by atoms with van der Waals surface area (Å²) in [6.07, 6.45) is 2.66. The monoisotopic (exact) mass is 584 g/mol. The minimum atomic E-state index is -3.35. The predicted molar refractivity (Wildman–Crippen MR) is 155 cm³/mol. The first kappa shape index (κ1) is 27.4. The maximum atomic E-state index is 2.70. The number of rotatable bonds is 3. The van der Waals surface area contributed by atoms with Crippen LogP contribution in [0.5, 0.6) is 0 Å². The van der Waals surface area contributed by atoms with E-state index in [2.05, 4.69) is 117 Å². The first-order valence-corrected chi connectivity index (χ1v) is 25.3. The van der Waals surface area contributed by atoms with Crippen LogP contribution in [0.15, 0.2) is 92.8 Å². The number of hydrogen-bond acceptors (Lipinski definition) is 0. The summed E-state index contributed by atoms with van der Waals surface area (Å²) < 4.78 is 7.75. The minimum Gasteiger partial charge on any atom is -0.147 e. The van der Waals surface area contributed by atoms with Crippen LogP contribution < -0.4 is 0 Å². The molecule has 3 aromatic carbocycles. The molecule has 0 aromatic heterocycles. The van der Waals surface area contributed by atoms with Gasteiger partial charge in [-0.15, -0.1) is 24.8 Å².